The van der Waals surface area contributed by atoms with Crippen LogP contribution in [-0.2, 0) is 12.8 Å². The standard InChI is InChI=1S/C18H21N3O2/c1-10-17(23-15(20-10)8-11-6-7-11)18(22)21-14-9-12-4-2-3-5-13(12)16(14)19/h2-5,11,14,16H,6-9,19H2,1H3,(H,21,22)/t14-,16-/m1/s1. The number of benzene rings is 1. The third-order valence-electron chi connectivity index (χ3n) is 4.81. The van der Waals surface area contributed by atoms with Gasteiger partial charge in [0.15, 0.2) is 5.89 Å². The summed E-state index contributed by atoms with van der Waals surface area (Å²) in [6, 6.07) is 7.79. The van der Waals surface area contributed by atoms with E-state index >= 15 is 0 Å². The van der Waals surface area contributed by atoms with Crippen molar-refractivity contribution >= 4 is 5.91 Å². The highest BCUT2D eigenvalue weighted by atomic mass is 16.4. The number of rotatable bonds is 4. The Morgan fingerprint density at radius 2 is 2.17 bits per heavy atom. The number of nitrogens with one attached hydrogen (secondary N) is 1. The number of carbonyl (C=O) groups is 1. The number of nitrogens with zero attached hydrogens (tertiary/aromatic N) is 1. The van der Waals surface area contributed by atoms with Gasteiger partial charge in [-0.3, -0.25) is 4.79 Å². The van der Waals surface area contributed by atoms with Crippen molar-refractivity contribution < 1.29 is 9.21 Å². The number of aryl methyl sites for hydroxylation is 1. The van der Waals surface area contributed by atoms with Crippen LogP contribution in [0.15, 0.2) is 28.7 Å². The topological polar surface area (TPSA) is 81.2 Å². The predicted molar refractivity (Wildman–Crippen MR) is 86.0 cm³/mol. The number of aromatic nitrogens is 1. The molecule has 0 saturated heterocycles. The van der Waals surface area contributed by atoms with Gasteiger partial charge in [0.2, 0.25) is 5.76 Å². The zero-order valence-corrected chi connectivity index (χ0v) is 13.2. The van der Waals surface area contributed by atoms with Crippen molar-refractivity contribution in [2.45, 2.75) is 44.7 Å². The van der Waals surface area contributed by atoms with Gasteiger partial charge in [-0.1, -0.05) is 24.3 Å². The molecule has 5 heteroatoms. The highest BCUT2D eigenvalue weighted by Crippen LogP contribution is 2.33. The molecule has 0 unspecified atom stereocenters. The minimum absolute atomic E-state index is 0.101. The third kappa shape index (κ3) is 2.77. The normalized spacial score (nSPS) is 22.9. The molecule has 2 aliphatic rings. The van der Waals surface area contributed by atoms with Gasteiger partial charge in [-0.15, -0.1) is 0 Å². The molecule has 0 radical (unpaired) electrons. The molecule has 120 valence electrons. The van der Waals surface area contributed by atoms with Gasteiger partial charge in [-0.05, 0) is 43.2 Å². The molecule has 1 fully saturated rings. The smallest absolute Gasteiger partial charge is 0.289 e. The first-order chi connectivity index (χ1) is 11.1. The fourth-order valence-electron chi connectivity index (χ4n) is 3.32. The van der Waals surface area contributed by atoms with E-state index in [1.165, 1.54) is 18.4 Å². The van der Waals surface area contributed by atoms with Crippen LogP contribution in [0.2, 0.25) is 0 Å². The fraction of sp³-hybridized carbons (Fsp3) is 0.444. The van der Waals surface area contributed by atoms with Crippen LogP contribution in [0.4, 0.5) is 0 Å². The number of oxazole rings is 1. The Balaban J connectivity index is 1.47. The van der Waals surface area contributed by atoms with E-state index in [4.69, 9.17) is 10.2 Å². The largest absolute Gasteiger partial charge is 0.435 e. The molecule has 5 nitrogen and oxygen atoms in total. The Labute approximate surface area is 135 Å². The fourth-order valence-corrected chi connectivity index (χ4v) is 3.32. The van der Waals surface area contributed by atoms with Crippen LogP contribution in [0, 0.1) is 12.8 Å². The number of hydrogen-bond donors (Lipinski definition) is 2. The summed E-state index contributed by atoms with van der Waals surface area (Å²) in [6.07, 6.45) is 4.06. The van der Waals surface area contributed by atoms with E-state index in [9.17, 15) is 4.79 Å². The molecule has 1 aromatic carbocycles. The second-order valence-corrected chi connectivity index (χ2v) is 6.68. The Kier molecular flexibility index (Phi) is 3.45. The maximum atomic E-state index is 12.5. The minimum Gasteiger partial charge on any atom is -0.435 e. The summed E-state index contributed by atoms with van der Waals surface area (Å²) in [5.41, 5.74) is 9.24. The molecule has 2 aromatic rings. The molecule has 1 saturated carbocycles. The van der Waals surface area contributed by atoms with Crippen LogP contribution >= 0.6 is 0 Å². The average Bonchev–Trinajstić information content (AvgIpc) is 3.19. The summed E-state index contributed by atoms with van der Waals surface area (Å²) in [4.78, 5) is 16.9. The number of nitrogens with two attached hydrogens (primary N) is 1. The lowest BCUT2D eigenvalue weighted by molar-refractivity contribution is 0.0902. The van der Waals surface area contributed by atoms with E-state index in [2.05, 4.69) is 16.4 Å². The summed E-state index contributed by atoms with van der Waals surface area (Å²) in [5, 5.41) is 3.02. The Hall–Kier alpha value is -2.14. The van der Waals surface area contributed by atoms with Crippen molar-refractivity contribution in [3.63, 3.8) is 0 Å². The lowest BCUT2D eigenvalue weighted by Gasteiger charge is -2.17. The van der Waals surface area contributed by atoms with Crippen molar-refractivity contribution in [1.82, 2.24) is 10.3 Å². The number of hydrogen-bond acceptors (Lipinski definition) is 4. The van der Waals surface area contributed by atoms with E-state index in [0.29, 0.717) is 23.3 Å². The van der Waals surface area contributed by atoms with Gasteiger partial charge >= 0.3 is 0 Å². The van der Waals surface area contributed by atoms with Crippen molar-refractivity contribution in [2.75, 3.05) is 0 Å². The molecular formula is C18H21N3O2. The van der Waals surface area contributed by atoms with Crippen LogP contribution in [0.1, 0.15) is 52.1 Å². The molecule has 0 spiro atoms. The van der Waals surface area contributed by atoms with E-state index in [1.807, 2.05) is 25.1 Å². The van der Waals surface area contributed by atoms with E-state index in [-0.39, 0.29) is 18.0 Å². The van der Waals surface area contributed by atoms with Crippen molar-refractivity contribution in [2.24, 2.45) is 11.7 Å². The number of carbonyl (C=O) groups excluding carboxylic acids is 1. The predicted octanol–water partition coefficient (Wildman–Crippen LogP) is 2.29. The highest BCUT2D eigenvalue weighted by Gasteiger charge is 2.32. The first-order valence-electron chi connectivity index (χ1n) is 8.22. The maximum absolute atomic E-state index is 12.5. The zero-order valence-electron chi connectivity index (χ0n) is 13.2. The van der Waals surface area contributed by atoms with Gasteiger partial charge in [-0.2, -0.15) is 0 Å². The van der Waals surface area contributed by atoms with Crippen LogP contribution < -0.4 is 11.1 Å². The monoisotopic (exact) mass is 311 g/mol. The molecular weight excluding hydrogens is 290 g/mol. The van der Waals surface area contributed by atoms with Crippen molar-refractivity contribution in [3.8, 4) is 0 Å². The molecule has 2 atom stereocenters. The first kappa shape index (κ1) is 14.5. The molecule has 1 aromatic heterocycles. The molecule has 4 rings (SSSR count). The average molecular weight is 311 g/mol. The number of fused-ring (bicyclic) bond motifs is 1. The lowest BCUT2D eigenvalue weighted by atomic mass is 10.1. The van der Waals surface area contributed by atoms with Gasteiger partial charge in [0.1, 0.15) is 0 Å². The Morgan fingerprint density at radius 1 is 1.39 bits per heavy atom. The van der Waals surface area contributed by atoms with Crippen LogP contribution in [0.25, 0.3) is 0 Å². The molecule has 2 aliphatic carbocycles. The second kappa shape index (κ2) is 5.49. The summed E-state index contributed by atoms with van der Waals surface area (Å²) >= 11 is 0. The SMILES string of the molecule is Cc1nc(CC2CC2)oc1C(=O)N[C@@H]1Cc2ccccc2[C@H]1N. The van der Waals surface area contributed by atoms with E-state index in [1.54, 1.807) is 0 Å². The molecule has 1 heterocycles. The molecule has 1 amide bonds. The van der Waals surface area contributed by atoms with Gasteiger partial charge in [0, 0.05) is 6.42 Å². The van der Waals surface area contributed by atoms with Crippen molar-refractivity contribution in [3.05, 3.63) is 52.7 Å². The zero-order chi connectivity index (χ0) is 16.0. The van der Waals surface area contributed by atoms with Gasteiger partial charge < -0.3 is 15.5 Å². The lowest BCUT2D eigenvalue weighted by Crippen LogP contribution is -2.40. The van der Waals surface area contributed by atoms with Crippen LogP contribution in [0.3, 0.4) is 0 Å². The first-order valence-corrected chi connectivity index (χ1v) is 8.22. The van der Waals surface area contributed by atoms with Crippen LogP contribution in [-0.4, -0.2) is 16.9 Å². The third-order valence-corrected chi connectivity index (χ3v) is 4.81. The Bertz CT molecular complexity index is 748. The minimum atomic E-state index is -0.217. The van der Waals surface area contributed by atoms with Gasteiger partial charge in [-0.25, -0.2) is 4.98 Å². The molecule has 0 aliphatic heterocycles. The van der Waals surface area contributed by atoms with Gasteiger partial charge in [0.05, 0.1) is 17.8 Å². The molecule has 0 bridgehead atoms. The molecule has 23 heavy (non-hydrogen) atoms. The second-order valence-electron chi connectivity index (χ2n) is 6.68. The maximum Gasteiger partial charge on any atom is 0.289 e. The summed E-state index contributed by atoms with van der Waals surface area (Å²) in [7, 11) is 0. The number of amides is 1. The van der Waals surface area contributed by atoms with E-state index in [0.717, 1.165) is 18.4 Å². The summed E-state index contributed by atoms with van der Waals surface area (Å²) in [6.45, 7) is 1.82. The molecule has 3 N–H and O–H groups in total. The van der Waals surface area contributed by atoms with Gasteiger partial charge in [0.25, 0.3) is 5.91 Å². The van der Waals surface area contributed by atoms with Crippen LogP contribution in [0.5, 0.6) is 0 Å². The highest BCUT2D eigenvalue weighted by molar-refractivity contribution is 5.92. The summed E-state index contributed by atoms with van der Waals surface area (Å²) in [5.74, 6) is 1.46. The quantitative estimate of drug-likeness (QED) is 0.907. The van der Waals surface area contributed by atoms with Crippen molar-refractivity contribution in [1.29, 1.82) is 0 Å². The van der Waals surface area contributed by atoms with E-state index < -0.39 is 0 Å². The Morgan fingerprint density at radius 3 is 2.91 bits per heavy atom. The summed E-state index contributed by atoms with van der Waals surface area (Å²) < 4.78 is 5.69.